The first-order valence-corrected chi connectivity index (χ1v) is 10.8. The summed E-state index contributed by atoms with van der Waals surface area (Å²) in [5.41, 5.74) is 3.70. The van der Waals surface area contributed by atoms with Crippen LogP contribution in [-0.4, -0.2) is 43.2 Å². The summed E-state index contributed by atoms with van der Waals surface area (Å²) in [6.45, 7) is 1.89. The van der Waals surface area contributed by atoms with E-state index in [9.17, 15) is 9.18 Å². The number of H-pyrrole nitrogens is 1. The number of benzene rings is 2. The van der Waals surface area contributed by atoms with Crippen LogP contribution in [0, 0.1) is 5.82 Å². The van der Waals surface area contributed by atoms with Gasteiger partial charge < -0.3 is 25.7 Å². The van der Waals surface area contributed by atoms with E-state index < -0.39 is 0 Å². The summed E-state index contributed by atoms with van der Waals surface area (Å²) in [5, 5.41) is 10.5. The van der Waals surface area contributed by atoms with Crippen LogP contribution in [0.5, 0.6) is 0 Å². The summed E-state index contributed by atoms with van der Waals surface area (Å²) >= 11 is 0. The number of aromatic nitrogens is 1. The maximum atomic E-state index is 13.3. The van der Waals surface area contributed by atoms with Crippen molar-refractivity contribution in [3.63, 3.8) is 0 Å². The number of amides is 1. The van der Waals surface area contributed by atoms with Crippen molar-refractivity contribution in [3.8, 4) is 0 Å². The maximum Gasteiger partial charge on any atom is 0.253 e. The van der Waals surface area contributed by atoms with Crippen molar-refractivity contribution in [2.24, 2.45) is 4.99 Å². The average molecular weight is 565 g/mol. The zero-order valence-electron chi connectivity index (χ0n) is 18.5. The van der Waals surface area contributed by atoms with Crippen LogP contribution < -0.4 is 16.0 Å². The van der Waals surface area contributed by atoms with E-state index in [1.807, 2.05) is 30.5 Å². The lowest BCUT2D eigenvalue weighted by Crippen LogP contribution is -2.37. The third kappa shape index (κ3) is 6.67. The number of ether oxygens (including phenoxy) is 1. The number of hydrogen-bond acceptors (Lipinski definition) is 3. The predicted molar refractivity (Wildman–Crippen MR) is 140 cm³/mol. The van der Waals surface area contributed by atoms with Gasteiger partial charge in [0.1, 0.15) is 11.9 Å². The SMILES string of the molecule is CN=C(NCCc1c[nH]c2cc(F)ccc12)NCc1cccc(NC(=O)C2CCCO2)c1.I. The molecule has 1 saturated heterocycles. The van der Waals surface area contributed by atoms with Crippen molar-refractivity contribution < 1.29 is 13.9 Å². The molecule has 33 heavy (non-hydrogen) atoms. The van der Waals surface area contributed by atoms with E-state index >= 15 is 0 Å². The standard InChI is InChI=1S/C24H28FN5O2.HI/c1-26-24(27-10-9-17-15-28-21-13-18(25)7-8-20(17)21)29-14-16-4-2-5-19(12-16)30-23(31)22-6-3-11-32-22;/h2,4-5,7-8,12-13,15,22,28H,3,6,9-11,14H2,1H3,(H,30,31)(H2,26,27,29);1H. The number of fused-ring (bicyclic) bond motifs is 1. The molecule has 4 N–H and O–H groups in total. The van der Waals surface area contributed by atoms with Crippen LogP contribution in [0.3, 0.4) is 0 Å². The summed E-state index contributed by atoms with van der Waals surface area (Å²) in [6, 6.07) is 12.5. The van der Waals surface area contributed by atoms with Gasteiger partial charge in [-0.05, 0) is 60.7 Å². The molecule has 176 valence electrons. The van der Waals surface area contributed by atoms with Crippen molar-refractivity contribution in [3.05, 3.63) is 65.6 Å². The van der Waals surface area contributed by atoms with Crippen LogP contribution in [0.25, 0.3) is 10.9 Å². The highest BCUT2D eigenvalue weighted by atomic mass is 127. The van der Waals surface area contributed by atoms with E-state index in [0.29, 0.717) is 25.7 Å². The number of rotatable bonds is 7. The van der Waals surface area contributed by atoms with Crippen molar-refractivity contribution in [2.75, 3.05) is 25.5 Å². The highest BCUT2D eigenvalue weighted by Crippen LogP contribution is 2.19. The summed E-state index contributed by atoms with van der Waals surface area (Å²) < 4.78 is 18.8. The van der Waals surface area contributed by atoms with Crippen LogP contribution in [0.15, 0.2) is 53.7 Å². The highest BCUT2D eigenvalue weighted by Gasteiger charge is 2.23. The van der Waals surface area contributed by atoms with Crippen LogP contribution in [0.2, 0.25) is 0 Å². The molecule has 9 heteroatoms. The number of nitrogens with one attached hydrogen (secondary N) is 4. The molecular formula is C24H29FIN5O2. The minimum absolute atomic E-state index is 0. The number of halogens is 2. The molecule has 0 radical (unpaired) electrons. The molecule has 4 rings (SSSR count). The fourth-order valence-corrected chi connectivity index (χ4v) is 3.85. The van der Waals surface area contributed by atoms with E-state index in [1.54, 1.807) is 13.1 Å². The largest absolute Gasteiger partial charge is 0.368 e. The van der Waals surface area contributed by atoms with Gasteiger partial charge in [0.15, 0.2) is 5.96 Å². The Morgan fingerprint density at radius 3 is 2.91 bits per heavy atom. The average Bonchev–Trinajstić information content (AvgIpc) is 3.47. The number of guanidine groups is 1. The second-order valence-corrected chi connectivity index (χ2v) is 7.80. The zero-order valence-corrected chi connectivity index (χ0v) is 20.8. The number of carbonyl (C=O) groups excluding carboxylic acids is 1. The predicted octanol–water partition coefficient (Wildman–Crippen LogP) is 3.95. The summed E-state index contributed by atoms with van der Waals surface area (Å²) in [4.78, 5) is 19.6. The molecule has 1 aliphatic heterocycles. The zero-order chi connectivity index (χ0) is 22.3. The van der Waals surface area contributed by atoms with E-state index in [1.165, 1.54) is 12.1 Å². The van der Waals surface area contributed by atoms with Crippen molar-refractivity contribution in [1.29, 1.82) is 0 Å². The molecule has 1 amide bonds. The fourth-order valence-electron chi connectivity index (χ4n) is 3.85. The van der Waals surface area contributed by atoms with E-state index in [-0.39, 0.29) is 41.8 Å². The topological polar surface area (TPSA) is 90.5 Å². The molecular weight excluding hydrogens is 536 g/mol. The molecule has 1 aromatic heterocycles. The van der Waals surface area contributed by atoms with Gasteiger partial charge >= 0.3 is 0 Å². The van der Waals surface area contributed by atoms with Crippen molar-refractivity contribution >= 4 is 52.4 Å². The maximum absolute atomic E-state index is 13.3. The van der Waals surface area contributed by atoms with Gasteiger partial charge in [-0.2, -0.15) is 0 Å². The molecule has 1 fully saturated rings. The molecule has 1 atom stereocenters. The van der Waals surface area contributed by atoms with Gasteiger partial charge in [0, 0.05) is 49.5 Å². The Balaban J connectivity index is 0.00000306. The van der Waals surface area contributed by atoms with Crippen molar-refractivity contribution in [1.82, 2.24) is 15.6 Å². The lowest BCUT2D eigenvalue weighted by atomic mass is 10.1. The van der Waals surface area contributed by atoms with Gasteiger partial charge in [0.2, 0.25) is 0 Å². The third-order valence-corrected chi connectivity index (χ3v) is 5.52. The molecule has 7 nitrogen and oxygen atoms in total. The molecule has 1 unspecified atom stereocenters. The number of hydrogen-bond donors (Lipinski definition) is 4. The molecule has 2 aromatic carbocycles. The monoisotopic (exact) mass is 565 g/mol. The van der Waals surface area contributed by atoms with Gasteiger partial charge in [-0.3, -0.25) is 9.79 Å². The van der Waals surface area contributed by atoms with Gasteiger partial charge in [-0.1, -0.05) is 12.1 Å². The Bertz CT molecular complexity index is 1110. The van der Waals surface area contributed by atoms with Crippen LogP contribution in [0.1, 0.15) is 24.0 Å². The van der Waals surface area contributed by atoms with Crippen LogP contribution in [0.4, 0.5) is 10.1 Å². The number of nitrogens with zero attached hydrogens (tertiary/aromatic N) is 1. The molecule has 1 aliphatic rings. The minimum Gasteiger partial charge on any atom is -0.368 e. The number of aromatic amines is 1. The minimum atomic E-state index is -0.351. The Kier molecular flexibility index (Phi) is 9.07. The number of anilines is 1. The van der Waals surface area contributed by atoms with Gasteiger partial charge in [-0.25, -0.2) is 4.39 Å². The quantitative estimate of drug-likeness (QED) is 0.199. The van der Waals surface area contributed by atoms with Crippen molar-refractivity contribution in [2.45, 2.75) is 31.9 Å². The number of aliphatic imine (C=N–C) groups is 1. The van der Waals surface area contributed by atoms with Crippen LogP contribution in [-0.2, 0) is 22.5 Å². The normalized spacial score (nSPS) is 15.8. The Labute approximate surface area is 209 Å². The molecule has 3 aromatic rings. The van der Waals surface area contributed by atoms with E-state index in [0.717, 1.165) is 47.0 Å². The Morgan fingerprint density at radius 2 is 2.12 bits per heavy atom. The Hall–Kier alpha value is -2.66. The van der Waals surface area contributed by atoms with E-state index in [4.69, 9.17) is 4.74 Å². The summed E-state index contributed by atoms with van der Waals surface area (Å²) in [7, 11) is 1.72. The first kappa shape index (κ1) is 25.0. The summed E-state index contributed by atoms with van der Waals surface area (Å²) in [6.07, 6.45) is 4.03. The second-order valence-electron chi connectivity index (χ2n) is 7.80. The highest BCUT2D eigenvalue weighted by molar-refractivity contribution is 14.0. The second kappa shape index (κ2) is 12.0. The molecule has 2 heterocycles. The molecule has 0 aliphatic carbocycles. The lowest BCUT2D eigenvalue weighted by molar-refractivity contribution is -0.124. The number of carbonyl (C=O) groups is 1. The Morgan fingerprint density at radius 1 is 1.24 bits per heavy atom. The fraction of sp³-hybridized carbons (Fsp3) is 0.333. The van der Waals surface area contributed by atoms with Gasteiger partial charge in [0.05, 0.1) is 0 Å². The molecule has 0 saturated carbocycles. The molecule has 0 bridgehead atoms. The first-order valence-electron chi connectivity index (χ1n) is 10.8. The smallest absolute Gasteiger partial charge is 0.253 e. The van der Waals surface area contributed by atoms with Crippen LogP contribution >= 0.6 is 24.0 Å². The van der Waals surface area contributed by atoms with Gasteiger partial charge in [-0.15, -0.1) is 24.0 Å². The summed E-state index contributed by atoms with van der Waals surface area (Å²) in [5.74, 6) is 0.346. The molecule has 0 spiro atoms. The lowest BCUT2D eigenvalue weighted by Gasteiger charge is -2.14. The van der Waals surface area contributed by atoms with E-state index in [2.05, 4.69) is 25.9 Å². The van der Waals surface area contributed by atoms with Gasteiger partial charge in [0.25, 0.3) is 5.91 Å². The first-order chi connectivity index (χ1) is 15.6. The third-order valence-electron chi connectivity index (χ3n) is 5.52.